The molecule has 1 aromatic carbocycles. The lowest BCUT2D eigenvalue weighted by atomic mass is 10.1. The molecule has 0 atom stereocenters. The van der Waals surface area contributed by atoms with Gasteiger partial charge in [-0.2, -0.15) is 0 Å². The highest BCUT2D eigenvalue weighted by Gasteiger charge is 1.97. The minimum absolute atomic E-state index is 0.135. The maximum atomic E-state index is 10.9. The van der Waals surface area contributed by atoms with Crippen LogP contribution in [0.15, 0.2) is 36.9 Å². The minimum atomic E-state index is 0.135. The number of rotatable bonds is 5. The van der Waals surface area contributed by atoms with Crippen molar-refractivity contribution in [3.8, 4) is 0 Å². The van der Waals surface area contributed by atoms with Gasteiger partial charge in [0.1, 0.15) is 0 Å². The van der Waals surface area contributed by atoms with Gasteiger partial charge in [-0.3, -0.25) is 4.79 Å². The Morgan fingerprint density at radius 2 is 2.00 bits per heavy atom. The van der Waals surface area contributed by atoms with Crippen molar-refractivity contribution >= 4 is 28.4 Å². The Morgan fingerprint density at radius 3 is 2.57 bits per heavy atom. The standard InChI is InChI=1S/C12H13IO/c1-2-12(14)5-3-4-10-6-8-11(13)9-7-10/h2,6-9H,1,3-5H2. The number of benzene rings is 1. The summed E-state index contributed by atoms with van der Waals surface area (Å²) < 4.78 is 1.24. The van der Waals surface area contributed by atoms with Gasteiger partial charge in [0.15, 0.2) is 5.78 Å². The molecule has 0 radical (unpaired) electrons. The first-order valence-electron chi connectivity index (χ1n) is 4.62. The molecule has 0 spiro atoms. The van der Waals surface area contributed by atoms with E-state index < -0.39 is 0 Å². The zero-order chi connectivity index (χ0) is 10.4. The SMILES string of the molecule is C=CC(=O)CCCc1ccc(I)cc1. The molecule has 1 nitrogen and oxygen atoms in total. The first kappa shape index (κ1) is 11.4. The van der Waals surface area contributed by atoms with Crippen molar-refractivity contribution in [2.24, 2.45) is 0 Å². The third-order valence-electron chi connectivity index (χ3n) is 2.03. The van der Waals surface area contributed by atoms with Gasteiger partial charge in [0.25, 0.3) is 0 Å². The van der Waals surface area contributed by atoms with E-state index in [2.05, 4.69) is 53.4 Å². The van der Waals surface area contributed by atoms with E-state index in [0.717, 1.165) is 12.8 Å². The van der Waals surface area contributed by atoms with E-state index in [1.807, 2.05) is 0 Å². The fraction of sp³-hybridized carbons (Fsp3) is 0.250. The van der Waals surface area contributed by atoms with Crippen LogP contribution in [0.25, 0.3) is 0 Å². The molecule has 0 aliphatic heterocycles. The number of carbonyl (C=O) groups is 1. The zero-order valence-corrected chi connectivity index (χ0v) is 10.2. The summed E-state index contributed by atoms with van der Waals surface area (Å²) in [4.78, 5) is 10.9. The van der Waals surface area contributed by atoms with Gasteiger partial charge in [-0.1, -0.05) is 18.7 Å². The van der Waals surface area contributed by atoms with Crippen LogP contribution in [0, 0.1) is 3.57 Å². The van der Waals surface area contributed by atoms with Gasteiger partial charge in [-0.05, 0) is 59.2 Å². The Bertz CT molecular complexity index is 314. The summed E-state index contributed by atoms with van der Waals surface area (Å²) in [6, 6.07) is 8.40. The molecule has 14 heavy (non-hydrogen) atoms. The molecule has 1 aromatic rings. The van der Waals surface area contributed by atoms with Gasteiger partial charge in [-0.25, -0.2) is 0 Å². The van der Waals surface area contributed by atoms with Crippen molar-refractivity contribution in [2.75, 3.05) is 0 Å². The van der Waals surface area contributed by atoms with Crippen LogP contribution in [-0.2, 0) is 11.2 Å². The molecule has 0 N–H and O–H groups in total. The normalized spacial score (nSPS) is 9.79. The highest BCUT2D eigenvalue weighted by atomic mass is 127. The van der Waals surface area contributed by atoms with Crippen LogP contribution in [0.4, 0.5) is 0 Å². The van der Waals surface area contributed by atoms with E-state index in [-0.39, 0.29) is 5.78 Å². The highest BCUT2D eigenvalue weighted by Crippen LogP contribution is 2.09. The van der Waals surface area contributed by atoms with Crippen molar-refractivity contribution in [1.29, 1.82) is 0 Å². The second kappa shape index (κ2) is 5.96. The van der Waals surface area contributed by atoms with Crippen LogP contribution in [0.3, 0.4) is 0 Å². The third-order valence-corrected chi connectivity index (χ3v) is 2.75. The Morgan fingerprint density at radius 1 is 1.36 bits per heavy atom. The number of aryl methyl sites for hydroxylation is 1. The van der Waals surface area contributed by atoms with Gasteiger partial charge in [-0.15, -0.1) is 0 Å². The number of halogens is 1. The molecular formula is C12H13IO. The molecule has 0 amide bonds. The van der Waals surface area contributed by atoms with Crippen LogP contribution in [-0.4, -0.2) is 5.78 Å². The molecule has 0 aliphatic rings. The lowest BCUT2D eigenvalue weighted by Crippen LogP contribution is -1.93. The number of carbonyl (C=O) groups excluding carboxylic acids is 1. The summed E-state index contributed by atoms with van der Waals surface area (Å²) >= 11 is 2.28. The molecule has 0 fully saturated rings. The quantitative estimate of drug-likeness (QED) is 0.602. The zero-order valence-electron chi connectivity index (χ0n) is 8.00. The second-order valence-electron chi connectivity index (χ2n) is 3.15. The van der Waals surface area contributed by atoms with E-state index in [0.29, 0.717) is 6.42 Å². The van der Waals surface area contributed by atoms with Gasteiger partial charge in [0.05, 0.1) is 0 Å². The van der Waals surface area contributed by atoms with Crippen LogP contribution < -0.4 is 0 Å². The van der Waals surface area contributed by atoms with E-state index in [1.54, 1.807) is 0 Å². The van der Waals surface area contributed by atoms with Crippen molar-refractivity contribution < 1.29 is 4.79 Å². The number of allylic oxidation sites excluding steroid dienone is 1. The average Bonchev–Trinajstić information content (AvgIpc) is 2.21. The number of hydrogen-bond acceptors (Lipinski definition) is 1. The lowest BCUT2D eigenvalue weighted by Gasteiger charge is -1.99. The maximum absolute atomic E-state index is 10.9. The van der Waals surface area contributed by atoms with Gasteiger partial charge in [0.2, 0.25) is 0 Å². The number of ketones is 1. The summed E-state index contributed by atoms with van der Waals surface area (Å²) in [6.07, 6.45) is 3.88. The smallest absolute Gasteiger partial charge is 0.155 e. The first-order chi connectivity index (χ1) is 6.72. The predicted octanol–water partition coefficient (Wildman–Crippen LogP) is 3.37. The Hall–Kier alpha value is -0.640. The van der Waals surface area contributed by atoms with E-state index >= 15 is 0 Å². The van der Waals surface area contributed by atoms with Crippen LogP contribution >= 0.6 is 22.6 Å². The molecule has 0 unspecified atom stereocenters. The number of hydrogen-bond donors (Lipinski definition) is 0. The average molecular weight is 300 g/mol. The molecule has 0 saturated carbocycles. The van der Waals surface area contributed by atoms with Crippen LogP contribution in [0.5, 0.6) is 0 Å². The molecule has 74 valence electrons. The van der Waals surface area contributed by atoms with E-state index in [9.17, 15) is 4.79 Å². The molecule has 1 rings (SSSR count). The monoisotopic (exact) mass is 300 g/mol. The Labute approximate surface area is 98.4 Å². The van der Waals surface area contributed by atoms with Crippen molar-refractivity contribution in [3.05, 3.63) is 46.1 Å². The third kappa shape index (κ3) is 4.05. The molecular weight excluding hydrogens is 287 g/mol. The van der Waals surface area contributed by atoms with Gasteiger partial charge < -0.3 is 0 Å². The minimum Gasteiger partial charge on any atom is -0.295 e. The van der Waals surface area contributed by atoms with Crippen molar-refractivity contribution in [2.45, 2.75) is 19.3 Å². The largest absolute Gasteiger partial charge is 0.295 e. The molecule has 0 bridgehead atoms. The summed E-state index contributed by atoms with van der Waals surface area (Å²) in [7, 11) is 0. The Balaban J connectivity index is 2.35. The van der Waals surface area contributed by atoms with Gasteiger partial charge in [0, 0.05) is 9.99 Å². The molecule has 0 saturated heterocycles. The summed E-state index contributed by atoms with van der Waals surface area (Å²) in [5.41, 5.74) is 1.29. The molecule has 0 aliphatic carbocycles. The van der Waals surface area contributed by atoms with Crippen molar-refractivity contribution in [3.63, 3.8) is 0 Å². The highest BCUT2D eigenvalue weighted by molar-refractivity contribution is 14.1. The fourth-order valence-electron chi connectivity index (χ4n) is 1.22. The summed E-state index contributed by atoms with van der Waals surface area (Å²) in [5, 5.41) is 0. The molecule has 2 heteroatoms. The summed E-state index contributed by atoms with van der Waals surface area (Å²) in [6.45, 7) is 3.45. The summed E-state index contributed by atoms with van der Waals surface area (Å²) in [5.74, 6) is 0.135. The first-order valence-corrected chi connectivity index (χ1v) is 5.70. The van der Waals surface area contributed by atoms with Gasteiger partial charge >= 0.3 is 0 Å². The predicted molar refractivity (Wildman–Crippen MR) is 67.3 cm³/mol. The topological polar surface area (TPSA) is 17.1 Å². The van der Waals surface area contributed by atoms with E-state index in [1.165, 1.54) is 15.2 Å². The second-order valence-corrected chi connectivity index (χ2v) is 4.40. The maximum Gasteiger partial charge on any atom is 0.155 e. The lowest BCUT2D eigenvalue weighted by molar-refractivity contribution is -0.114. The Kier molecular flexibility index (Phi) is 4.87. The van der Waals surface area contributed by atoms with Crippen LogP contribution in [0.2, 0.25) is 0 Å². The molecule has 0 aromatic heterocycles. The van der Waals surface area contributed by atoms with Crippen LogP contribution in [0.1, 0.15) is 18.4 Å². The van der Waals surface area contributed by atoms with Crippen molar-refractivity contribution in [1.82, 2.24) is 0 Å². The fourth-order valence-corrected chi connectivity index (χ4v) is 1.58. The molecule has 0 heterocycles. The van der Waals surface area contributed by atoms with E-state index in [4.69, 9.17) is 0 Å².